The summed E-state index contributed by atoms with van der Waals surface area (Å²) in [5, 5.41) is 18.4. The summed E-state index contributed by atoms with van der Waals surface area (Å²) in [6.07, 6.45) is 4.06. The molecule has 0 unspecified atom stereocenters. The van der Waals surface area contributed by atoms with Gasteiger partial charge in [-0.1, -0.05) is 12.8 Å². The Balaban J connectivity index is 2.02. The topological polar surface area (TPSA) is 49.2 Å². The van der Waals surface area contributed by atoms with Gasteiger partial charge in [-0.25, -0.2) is 0 Å². The van der Waals surface area contributed by atoms with Gasteiger partial charge in [0.25, 0.3) is 0 Å². The summed E-state index contributed by atoms with van der Waals surface area (Å²) in [6, 6.07) is 3.89. The number of aryl methyl sites for hydroxylation is 1. The molecule has 2 rings (SSSR count). The highest BCUT2D eigenvalue weighted by atomic mass is 16.3. The van der Waals surface area contributed by atoms with Crippen LogP contribution in [-0.2, 0) is 0 Å². The Labute approximate surface area is 96.3 Å². The molecule has 88 valence electrons. The van der Waals surface area contributed by atoms with Crippen LogP contribution in [0.15, 0.2) is 12.1 Å². The van der Waals surface area contributed by atoms with Crippen molar-refractivity contribution < 1.29 is 5.11 Å². The van der Waals surface area contributed by atoms with E-state index in [1.807, 2.05) is 31.0 Å². The van der Waals surface area contributed by atoms with Crippen molar-refractivity contribution in [1.29, 1.82) is 0 Å². The molecule has 0 radical (unpaired) electrons. The maximum Gasteiger partial charge on any atom is 0.151 e. The molecule has 1 aromatic heterocycles. The Kier molecular flexibility index (Phi) is 3.10. The van der Waals surface area contributed by atoms with Gasteiger partial charge >= 0.3 is 0 Å². The van der Waals surface area contributed by atoms with Crippen molar-refractivity contribution in [2.75, 3.05) is 18.5 Å². The highest BCUT2D eigenvalue weighted by Gasteiger charge is 2.32. The summed E-state index contributed by atoms with van der Waals surface area (Å²) in [5.41, 5.74) is 0.387. The van der Waals surface area contributed by atoms with E-state index in [9.17, 15) is 5.11 Å². The van der Waals surface area contributed by atoms with Gasteiger partial charge in [0.2, 0.25) is 0 Å². The molecule has 1 aliphatic rings. The van der Waals surface area contributed by atoms with Crippen LogP contribution in [0.5, 0.6) is 0 Å². The molecule has 1 saturated carbocycles. The molecular formula is C12H19N3O. The van der Waals surface area contributed by atoms with E-state index in [0.29, 0.717) is 6.54 Å². The highest BCUT2D eigenvalue weighted by Crippen LogP contribution is 2.30. The molecule has 0 aromatic carbocycles. The molecule has 0 amide bonds. The van der Waals surface area contributed by atoms with Gasteiger partial charge < -0.3 is 10.0 Å². The Morgan fingerprint density at radius 3 is 2.56 bits per heavy atom. The van der Waals surface area contributed by atoms with Gasteiger partial charge in [0.1, 0.15) is 0 Å². The molecule has 0 saturated heterocycles. The largest absolute Gasteiger partial charge is 0.388 e. The highest BCUT2D eigenvalue weighted by molar-refractivity contribution is 5.36. The normalized spacial score (nSPS) is 18.7. The Morgan fingerprint density at radius 1 is 1.31 bits per heavy atom. The Morgan fingerprint density at radius 2 is 2.00 bits per heavy atom. The Bertz CT molecular complexity index is 344. The van der Waals surface area contributed by atoms with Crippen LogP contribution in [0.2, 0.25) is 0 Å². The molecule has 1 fully saturated rings. The number of hydrogen-bond donors (Lipinski definition) is 1. The molecule has 1 N–H and O–H groups in total. The number of likely N-dealkylation sites (N-methyl/N-ethyl adjacent to an activating group) is 1. The van der Waals surface area contributed by atoms with E-state index in [0.717, 1.165) is 37.2 Å². The SMILES string of the molecule is Cc1ccc(N(C)CC2(O)CCCC2)nn1. The fourth-order valence-electron chi connectivity index (χ4n) is 2.31. The average Bonchev–Trinajstić information content (AvgIpc) is 2.65. The summed E-state index contributed by atoms with van der Waals surface area (Å²) in [4.78, 5) is 1.98. The third-order valence-electron chi connectivity index (χ3n) is 3.24. The number of hydrogen-bond acceptors (Lipinski definition) is 4. The smallest absolute Gasteiger partial charge is 0.151 e. The van der Waals surface area contributed by atoms with Crippen LogP contribution in [0.1, 0.15) is 31.4 Å². The van der Waals surface area contributed by atoms with Crippen molar-refractivity contribution in [3.63, 3.8) is 0 Å². The van der Waals surface area contributed by atoms with Gasteiger partial charge in [-0.05, 0) is 31.9 Å². The minimum absolute atomic E-state index is 0.526. The summed E-state index contributed by atoms with van der Waals surface area (Å²) in [7, 11) is 1.95. The first-order chi connectivity index (χ1) is 7.59. The molecule has 1 heterocycles. The fraction of sp³-hybridized carbons (Fsp3) is 0.667. The molecule has 0 bridgehead atoms. The van der Waals surface area contributed by atoms with E-state index in [1.165, 1.54) is 0 Å². The zero-order valence-corrected chi connectivity index (χ0v) is 9.98. The quantitative estimate of drug-likeness (QED) is 0.841. The first-order valence-corrected chi connectivity index (χ1v) is 5.83. The van der Waals surface area contributed by atoms with E-state index in [4.69, 9.17) is 0 Å². The Hall–Kier alpha value is -1.16. The summed E-state index contributed by atoms with van der Waals surface area (Å²) < 4.78 is 0. The van der Waals surface area contributed by atoms with E-state index in [1.54, 1.807) is 0 Å². The lowest BCUT2D eigenvalue weighted by Gasteiger charge is -2.28. The lowest BCUT2D eigenvalue weighted by molar-refractivity contribution is 0.0557. The monoisotopic (exact) mass is 221 g/mol. The third kappa shape index (κ3) is 2.50. The van der Waals surface area contributed by atoms with Crippen LogP contribution in [0.25, 0.3) is 0 Å². The molecule has 0 aliphatic heterocycles. The van der Waals surface area contributed by atoms with Crippen molar-refractivity contribution in [3.8, 4) is 0 Å². The number of aliphatic hydroxyl groups is 1. The zero-order chi connectivity index (χ0) is 11.6. The fourth-order valence-corrected chi connectivity index (χ4v) is 2.31. The number of anilines is 1. The molecule has 1 aromatic rings. The lowest BCUT2D eigenvalue weighted by atomic mass is 10.0. The van der Waals surface area contributed by atoms with Crippen LogP contribution >= 0.6 is 0 Å². The van der Waals surface area contributed by atoms with Crippen LogP contribution < -0.4 is 4.90 Å². The van der Waals surface area contributed by atoms with Crippen LogP contribution in [0, 0.1) is 6.92 Å². The predicted octanol–water partition coefficient (Wildman–Crippen LogP) is 1.53. The molecule has 16 heavy (non-hydrogen) atoms. The van der Waals surface area contributed by atoms with Crippen molar-refractivity contribution in [2.24, 2.45) is 0 Å². The standard InChI is InChI=1S/C12H19N3O/c1-10-5-6-11(14-13-10)15(2)9-12(16)7-3-4-8-12/h5-6,16H,3-4,7-9H2,1-2H3. The van der Waals surface area contributed by atoms with Crippen molar-refractivity contribution in [2.45, 2.75) is 38.2 Å². The minimum atomic E-state index is -0.526. The van der Waals surface area contributed by atoms with Gasteiger partial charge in [0, 0.05) is 13.6 Å². The van der Waals surface area contributed by atoms with Gasteiger partial charge in [-0.2, -0.15) is 5.10 Å². The van der Waals surface area contributed by atoms with Crippen molar-refractivity contribution in [1.82, 2.24) is 10.2 Å². The summed E-state index contributed by atoms with van der Waals surface area (Å²) >= 11 is 0. The molecule has 4 nitrogen and oxygen atoms in total. The van der Waals surface area contributed by atoms with Crippen molar-refractivity contribution >= 4 is 5.82 Å². The van der Waals surface area contributed by atoms with Crippen LogP contribution in [0.3, 0.4) is 0 Å². The summed E-state index contributed by atoms with van der Waals surface area (Å²) in [6.45, 7) is 2.56. The van der Waals surface area contributed by atoms with Crippen LogP contribution in [-0.4, -0.2) is 34.5 Å². The number of aromatic nitrogens is 2. The predicted molar refractivity (Wildman–Crippen MR) is 63.5 cm³/mol. The van der Waals surface area contributed by atoms with Crippen molar-refractivity contribution in [3.05, 3.63) is 17.8 Å². The first kappa shape index (κ1) is 11.3. The van der Waals surface area contributed by atoms with Gasteiger partial charge in [0.05, 0.1) is 11.3 Å². The second-order valence-corrected chi connectivity index (χ2v) is 4.82. The van der Waals surface area contributed by atoms with Gasteiger partial charge in [0.15, 0.2) is 5.82 Å². The molecule has 4 heteroatoms. The number of nitrogens with zero attached hydrogens (tertiary/aromatic N) is 3. The van der Waals surface area contributed by atoms with E-state index < -0.39 is 5.60 Å². The summed E-state index contributed by atoms with van der Waals surface area (Å²) in [5.74, 6) is 0.825. The maximum absolute atomic E-state index is 10.3. The molecular weight excluding hydrogens is 202 g/mol. The van der Waals surface area contributed by atoms with E-state index in [-0.39, 0.29) is 0 Å². The first-order valence-electron chi connectivity index (χ1n) is 5.83. The van der Waals surface area contributed by atoms with E-state index in [2.05, 4.69) is 10.2 Å². The molecule has 0 atom stereocenters. The number of rotatable bonds is 3. The van der Waals surface area contributed by atoms with Crippen LogP contribution in [0.4, 0.5) is 5.82 Å². The molecule has 1 aliphatic carbocycles. The molecule has 0 spiro atoms. The minimum Gasteiger partial charge on any atom is -0.388 e. The second kappa shape index (κ2) is 4.37. The van der Waals surface area contributed by atoms with Gasteiger partial charge in [-0.3, -0.25) is 0 Å². The maximum atomic E-state index is 10.3. The zero-order valence-electron chi connectivity index (χ0n) is 9.98. The second-order valence-electron chi connectivity index (χ2n) is 4.82. The average molecular weight is 221 g/mol. The lowest BCUT2D eigenvalue weighted by Crippen LogP contribution is -2.39. The van der Waals surface area contributed by atoms with E-state index >= 15 is 0 Å². The van der Waals surface area contributed by atoms with Gasteiger partial charge in [-0.15, -0.1) is 5.10 Å². The third-order valence-corrected chi connectivity index (χ3v) is 3.24.